The fourth-order valence-corrected chi connectivity index (χ4v) is 2.33. The van der Waals surface area contributed by atoms with Gasteiger partial charge in [0.25, 0.3) is 0 Å². The Labute approximate surface area is 110 Å². The predicted molar refractivity (Wildman–Crippen MR) is 65.6 cm³/mol. The van der Waals surface area contributed by atoms with E-state index in [1.54, 1.807) is 19.1 Å². The van der Waals surface area contributed by atoms with Gasteiger partial charge in [0.2, 0.25) is 0 Å². The zero-order valence-electron chi connectivity index (χ0n) is 10.5. The van der Waals surface area contributed by atoms with Gasteiger partial charge in [0, 0.05) is 0 Å². The molecule has 1 saturated heterocycles. The maximum absolute atomic E-state index is 9.96. The standard InChI is InChI=1S/C13H18O6/c1-6-2-7(4-8(15)3-6)13-12(18)11(17)10(16)9(5-14)19-13/h2-4,9-18H,5H2,1H3/t9-,10-,11+,12+,13-/m1/s1. The van der Waals surface area contributed by atoms with Crippen molar-refractivity contribution in [2.24, 2.45) is 0 Å². The van der Waals surface area contributed by atoms with Crippen LogP contribution in [0.4, 0.5) is 0 Å². The molecule has 1 aromatic carbocycles. The zero-order valence-corrected chi connectivity index (χ0v) is 10.5. The third kappa shape index (κ3) is 2.72. The molecule has 19 heavy (non-hydrogen) atoms. The first-order chi connectivity index (χ1) is 8.93. The van der Waals surface area contributed by atoms with Crippen LogP contribution in [-0.4, -0.2) is 56.6 Å². The number of aliphatic hydroxyl groups is 4. The van der Waals surface area contributed by atoms with Crippen LogP contribution in [0, 0.1) is 6.92 Å². The van der Waals surface area contributed by atoms with Crippen LogP contribution >= 0.6 is 0 Å². The molecular formula is C13H18O6. The summed E-state index contributed by atoms with van der Waals surface area (Å²) in [5, 5.41) is 48.0. The lowest BCUT2D eigenvalue weighted by atomic mass is 9.90. The number of aryl methyl sites for hydroxylation is 1. The summed E-state index contributed by atoms with van der Waals surface area (Å²) in [6.07, 6.45) is -6.00. The van der Waals surface area contributed by atoms with E-state index >= 15 is 0 Å². The Morgan fingerprint density at radius 1 is 1.05 bits per heavy atom. The molecule has 5 atom stereocenters. The topological polar surface area (TPSA) is 110 Å². The van der Waals surface area contributed by atoms with Crippen LogP contribution in [0.1, 0.15) is 17.2 Å². The second-order valence-electron chi connectivity index (χ2n) is 4.85. The summed E-state index contributed by atoms with van der Waals surface area (Å²) in [4.78, 5) is 0. The Kier molecular flexibility index (Phi) is 4.07. The van der Waals surface area contributed by atoms with E-state index in [9.17, 15) is 20.4 Å². The van der Waals surface area contributed by atoms with E-state index in [1.165, 1.54) is 6.07 Å². The molecule has 5 N–H and O–H groups in total. The van der Waals surface area contributed by atoms with Crippen LogP contribution in [0.25, 0.3) is 0 Å². The number of ether oxygens (including phenoxy) is 1. The van der Waals surface area contributed by atoms with Gasteiger partial charge in [-0.25, -0.2) is 0 Å². The Bertz CT molecular complexity index is 427. The number of hydrogen-bond acceptors (Lipinski definition) is 6. The SMILES string of the molecule is Cc1cc(O)cc([C@H]2O[C@H](CO)[C@@H](O)[C@H](O)[C@@H]2O)c1. The van der Waals surface area contributed by atoms with Gasteiger partial charge >= 0.3 is 0 Å². The van der Waals surface area contributed by atoms with Crippen molar-refractivity contribution >= 4 is 0 Å². The van der Waals surface area contributed by atoms with E-state index in [4.69, 9.17) is 9.84 Å². The Morgan fingerprint density at radius 3 is 2.32 bits per heavy atom. The summed E-state index contributed by atoms with van der Waals surface area (Å²) in [6.45, 7) is 1.30. The number of aliphatic hydroxyl groups excluding tert-OH is 4. The molecule has 0 bridgehead atoms. The summed E-state index contributed by atoms with van der Waals surface area (Å²) in [6, 6.07) is 4.67. The molecule has 1 heterocycles. The fourth-order valence-electron chi connectivity index (χ4n) is 2.33. The minimum atomic E-state index is -1.42. The lowest BCUT2D eigenvalue weighted by molar-refractivity contribution is -0.231. The van der Waals surface area contributed by atoms with Crippen molar-refractivity contribution in [1.82, 2.24) is 0 Å². The molecule has 1 aromatic rings. The molecule has 0 aromatic heterocycles. The van der Waals surface area contributed by atoms with Gasteiger partial charge in [-0.15, -0.1) is 0 Å². The van der Waals surface area contributed by atoms with Crippen molar-refractivity contribution in [2.45, 2.75) is 37.4 Å². The van der Waals surface area contributed by atoms with Crippen molar-refractivity contribution < 1.29 is 30.3 Å². The number of phenolic OH excluding ortho intramolecular Hbond substituents is 1. The third-order valence-electron chi connectivity index (χ3n) is 3.31. The van der Waals surface area contributed by atoms with Crippen LogP contribution in [0.2, 0.25) is 0 Å². The zero-order chi connectivity index (χ0) is 14.2. The van der Waals surface area contributed by atoms with Crippen molar-refractivity contribution in [2.75, 3.05) is 6.61 Å². The van der Waals surface area contributed by atoms with Crippen molar-refractivity contribution in [3.8, 4) is 5.75 Å². The average Bonchev–Trinajstić information content (AvgIpc) is 2.35. The molecule has 106 valence electrons. The highest BCUT2D eigenvalue weighted by Crippen LogP contribution is 2.34. The minimum absolute atomic E-state index is 0.0203. The molecular weight excluding hydrogens is 252 g/mol. The van der Waals surface area contributed by atoms with Crippen LogP contribution in [-0.2, 0) is 4.74 Å². The van der Waals surface area contributed by atoms with E-state index in [-0.39, 0.29) is 5.75 Å². The number of rotatable bonds is 2. The molecule has 1 aliphatic heterocycles. The molecule has 6 heteroatoms. The Hall–Kier alpha value is -1.18. The third-order valence-corrected chi connectivity index (χ3v) is 3.31. The highest BCUT2D eigenvalue weighted by atomic mass is 16.5. The van der Waals surface area contributed by atoms with E-state index < -0.39 is 37.1 Å². The number of benzene rings is 1. The van der Waals surface area contributed by atoms with Crippen LogP contribution in [0.15, 0.2) is 18.2 Å². The Balaban J connectivity index is 2.32. The van der Waals surface area contributed by atoms with Gasteiger partial charge in [0.15, 0.2) is 0 Å². The smallest absolute Gasteiger partial charge is 0.116 e. The highest BCUT2D eigenvalue weighted by molar-refractivity contribution is 5.35. The second kappa shape index (κ2) is 5.44. The van der Waals surface area contributed by atoms with Gasteiger partial charge in [0.1, 0.15) is 36.3 Å². The molecule has 2 rings (SSSR count). The lowest BCUT2D eigenvalue weighted by Crippen LogP contribution is -2.55. The second-order valence-corrected chi connectivity index (χ2v) is 4.85. The summed E-state index contributed by atoms with van der Waals surface area (Å²) in [5.41, 5.74) is 1.25. The van der Waals surface area contributed by atoms with Crippen molar-refractivity contribution in [3.05, 3.63) is 29.3 Å². The largest absolute Gasteiger partial charge is 0.508 e. The van der Waals surface area contributed by atoms with E-state index in [2.05, 4.69) is 0 Å². The van der Waals surface area contributed by atoms with Crippen molar-refractivity contribution in [3.63, 3.8) is 0 Å². The van der Waals surface area contributed by atoms with Crippen molar-refractivity contribution in [1.29, 1.82) is 0 Å². The minimum Gasteiger partial charge on any atom is -0.508 e. The van der Waals surface area contributed by atoms with Crippen LogP contribution < -0.4 is 0 Å². The van der Waals surface area contributed by atoms with Gasteiger partial charge < -0.3 is 30.3 Å². The maximum Gasteiger partial charge on any atom is 0.116 e. The molecule has 0 spiro atoms. The number of aromatic hydroxyl groups is 1. The molecule has 1 aliphatic rings. The first-order valence-electron chi connectivity index (χ1n) is 6.05. The summed E-state index contributed by atoms with van der Waals surface area (Å²) >= 11 is 0. The maximum atomic E-state index is 9.96. The molecule has 0 unspecified atom stereocenters. The van der Waals surface area contributed by atoms with Crippen LogP contribution in [0.3, 0.4) is 0 Å². The molecule has 1 fully saturated rings. The fraction of sp³-hybridized carbons (Fsp3) is 0.538. The average molecular weight is 270 g/mol. The summed E-state index contributed by atoms with van der Waals surface area (Å²) < 4.78 is 5.41. The van der Waals surface area contributed by atoms with E-state index in [0.717, 1.165) is 5.56 Å². The molecule has 0 saturated carbocycles. The molecule has 0 amide bonds. The Morgan fingerprint density at radius 2 is 1.74 bits per heavy atom. The number of phenols is 1. The summed E-state index contributed by atoms with van der Waals surface area (Å²) in [7, 11) is 0. The van der Waals surface area contributed by atoms with Gasteiger partial charge in [0.05, 0.1) is 6.61 Å². The first kappa shape index (κ1) is 14.2. The van der Waals surface area contributed by atoms with Crippen LogP contribution in [0.5, 0.6) is 5.75 Å². The predicted octanol–water partition coefficient (Wildman–Crippen LogP) is -0.784. The molecule has 0 aliphatic carbocycles. The van der Waals surface area contributed by atoms with E-state index in [0.29, 0.717) is 5.56 Å². The van der Waals surface area contributed by atoms with Gasteiger partial charge in [-0.05, 0) is 30.2 Å². The highest BCUT2D eigenvalue weighted by Gasteiger charge is 2.43. The molecule has 0 radical (unpaired) electrons. The van der Waals surface area contributed by atoms with E-state index in [1.807, 2.05) is 0 Å². The molecule has 6 nitrogen and oxygen atoms in total. The van der Waals surface area contributed by atoms with Gasteiger partial charge in [-0.2, -0.15) is 0 Å². The quantitative estimate of drug-likeness (QED) is 0.482. The lowest BCUT2D eigenvalue weighted by Gasteiger charge is -2.40. The number of hydrogen-bond donors (Lipinski definition) is 5. The first-order valence-corrected chi connectivity index (χ1v) is 6.05. The van der Waals surface area contributed by atoms with Gasteiger partial charge in [-0.3, -0.25) is 0 Å². The normalized spacial score (nSPS) is 35.3. The monoisotopic (exact) mass is 270 g/mol. The van der Waals surface area contributed by atoms with Gasteiger partial charge in [-0.1, -0.05) is 6.07 Å². The summed E-state index contributed by atoms with van der Waals surface area (Å²) in [5.74, 6) is 0.0203.